The molecule has 1 aromatic rings. The van der Waals surface area contributed by atoms with E-state index in [1.807, 2.05) is 0 Å². The van der Waals surface area contributed by atoms with E-state index in [4.69, 9.17) is 26.2 Å². The van der Waals surface area contributed by atoms with Gasteiger partial charge in [-0.15, -0.1) is 0 Å². The second-order valence-electron chi connectivity index (χ2n) is 6.25. The van der Waals surface area contributed by atoms with Crippen molar-refractivity contribution in [1.82, 2.24) is 0 Å². The van der Waals surface area contributed by atoms with Crippen LogP contribution >= 0.6 is 11.6 Å². The van der Waals surface area contributed by atoms with E-state index in [2.05, 4.69) is 11.8 Å². The molecule has 0 saturated heterocycles. The summed E-state index contributed by atoms with van der Waals surface area (Å²) >= 11 is 6.18. The lowest BCUT2D eigenvalue weighted by atomic mass is 9.97. The number of hydrogen-bond donors (Lipinski definition) is 1. The summed E-state index contributed by atoms with van der Waals surface area (Å²) in [5.41, 5.74) is -1.29. The van der Waals surface area contributed by atoms with Crippen molar-refractivity contribution in [1.29, 1.82) is 0 Å². The number of carbonyl (C=O) groups is 1. The molecule has 4 nitrogen and oxygen atoms in total. The fourth-order valence-electron chi connectivity index (χ4n) is 2.58. The Labute approximate surface area is 173 Å². The molecule has 1 N–H and O–H groups in total. The van der Waals surface area contributed by atoms with Gasteiger partial charge in [-0.25, -0.2) is 13.6 Å². The van der Waals surface area contributed by atoms with E-state index in [0.717, 1.165) is 0 Å². The lowest BCUT2D eigenvalue weighted by molar-refractivity contribution is -0.149. The lowest BCUT2D eigenvalue weighted by Crippen LogP contribution is -2.26. The van der Waals surface area contributed by atoms with Gasteiger partial charge in [0, 0.05) is 19.4 Å². The maximum atomic E-state index is 14.2. The highest BCUT2D eigenvalue weighted by atomic mass is 35.5. The van der Waals surface area contributed by atoms with Crippen LogP contribution in [0.5, 0.6) is 5.75 Å². The van der Waals surface area contributed by atoms with Gasteiger partial charge in [0.05, 0.1) is 5.02 Å². The number of ether oxygens (including phenoxy) is 2. The third kappa shape index (κ3) is 7.37. The molecular weight excluding hydrogens is 402 g/mol. The van der Waals surface area contributed by atoms with Crippen LogP contribution in [0.15, 0.2) is 54.4 Å². The summed E-state index contributed by atoms with van der Waals surface area (Å²) in [6.45, 7) is 2.17. The Morgan fingerprint density at radius 2 is 2.28 bits per heavy atom. The minimum atomic E-state index is -2.00. The van der Waals surface area contributed by atoms with E-state index >= 15 is 0 Å². The lowest BCUT2D eigenvalue weighted by Gasteiger charge is -2.15. The van der Waals surface area contributed by atoms with Crippen molar-refractivity contribution in [2.75, 3.05) is 13.2 Å². The van der Waals surface area contributed by atoms with Gasteiger partial charge in [-0.2, -0.15) is 0 Å². The van der Waals surface area contributed by atoms with E-state index in [0.29, 0.717) is 22.9 Å². The van der Waals surface area contributed by atoms with Crippen molar-refractivity contribution in [2.24, 2.45) is 0 Å². The van der Waals surface area contributed by atoms with Crippen LogP contribution in [0.3, 0.4) is 0 Å². The average molecular weight is 423 g/mol. The van der Waals surface area contributed by atoms with Crippen LogP contribution in [0.2, 0.25) is 5.02 Å². The van der Waals surface area contributed by atoms with Gasteiger partial charge in [-0.3, -0.25) is 0 Å². The van der Waals surface area contributed by atoms with Crippen LogP contribution in [0, 0.1) is 11.8 Å². The fourth-order valence-corrected chi connectivity index (χ4v) is 2.84. The number of alkyl halides is 1. The molecule has 154 valence electrons. The molecule has 1 aromatic carbocycles. The first-order valence-electron chi connectivity index (χ1n) is 8.99. The van der Waals surface area contributed by atoms with E-state index in [1.54, 1.807) is 31.2 Å². The molecular formula is C22H21ClF2O4. The van der Waals surface area contributed by atoms with Gasteiger partial charge in [0.15, 0.2) is 11.8 Å². The Morgan fingerprint density at radius 1 is 1.48 bits per heavy atom. The summed E-state index contributed by atoms with van der Waals surface area (Å²) in [6.07, 6.45) is 5.58. The first kappa shape index (κ1) is 22.7. The fraction of sp³-hybridized carbons (Fsp3) is 0.318. The molecule has 1 aliphatic rings. The third-order valence-corrected chi connectivity index (χ3v) is 4.24. The average Bonchev–Trinajstić information content (AvgIpc) is 2.65. The van der Waals surface area contributed by atoms with Crippen molar-refractivity contribution in [3.05, 3.63) is 65.0 Å². The van der Waals surface area contributed by atoms with Crippen molar-refractivity contribution < 1.29 is 28.2 Å². The molecule has 0 saturated carbocycles. The number of carboxylic acid groups (broad SMARTS) is 1. The Hall–Kier alpha value is -2.62. The summed E-state index contributed by atoms with van der Waals surface area (Å²) in [7, 11) is 0. The smallest absolute Gasteiger partial charge is 0.333 e. The molecule has 2 rings (SSSR count). The summed E-state index contributed by atoms with van der Waals surface area (Å²) < 4.78 is 38.0. The number of halogens is 3. The molecule has 29 heavy (non-hydrogen) atoms. The van der Waals surface area contributed by atoms with E-state index in [-0.39, 0.29) is 13.0 Å². The molecule has 2 atom stereocenters. The minimum Gasteiger partial charge on any atom is -0.488 e. The molecule has 0 radical (unpaired) electrons. The number of rotatable bonds is 8. The first-order chi connectivity index (χ1) is 13.8. The van der Waals surface area contributed by atoms with Crippen molar-refractivity contribution in [3.8, 4) is 17.6 Å². The van der Waals surface area contributed by atoms with Crippen molar-refractivity contribution in [2.45, 2.75) is 31.5 Å². The Balaban J connectivity index is 1.88. The number of carboxylic acids is 1. The molecule has 0 bridgehead atoms. The van der Waals surface area contributed by atoms with Gasteiger partial charge in [-0.05, 0) is 48.9 Å². The predicted octanol–water partition coefficient (Wildman–Crippen LogP) is 4.83. The van der Waals surface area contributed by atoms with E-state index in [1.165, 1.54) is 24.3 Å². The van der Waals surface area contributed by atoms with E-state index in [9.17, 15) is 13.6 Å². The molecule has 0 heterocycles. The zero-order valence-corrected chi connectivity index (χ0v) is 16.6. The third-order valence-electron chi connectivity index (χ3n) is 3.94. The maximum absolute atomic E-state index is 14.2. The van der Waals surface area contributed by atoms with Crippen LogP contribution in [-0.4, -0.2) is 36.1 Å². The molecule has 7 heteroatoms. The number of aliphatic carboxylic acids is 1. The van der Waals surface area contributed by atoms with Gasteiger partial charge in [0.2, 0.25) is 0 Å². The number of benzene rings is 1. The largest absolute Gasteiger partial charge is 0.488 e. The molecule has 1 unspecified atom stereocenters. The normalized spacial score (nSPS) is 19.4. The Morgan fingerprint density at radius 3 is 2.93 bits per heavy atom. The maximum Gasteiger partial charge on any atom is 0.333 e. The molecule has 0 fully saturated rings. The molecule has 1 aliphatic carbocycles. The monoisotopic (exact) mass is 422 g/mol. The first-order valence-corrected chi connectivity index (χ1v) is 9.37. The van der Waals surface area contributed by atoms with Gasteiger partial charge >= 0.3 is 5.97 Å². The zero-order chi connectivity index (χ0) is 21.3. The van der Waals surface area contributed by atoms with Gasteiger partial charge < -0.3 is 14.6 Å². The van der Waals surface area contributed by atoms with Crippen LogP contribution in [-0.2, 0) is 16.0 Å². The minimum absolute atomic E-state index is 0.147. The zero-order valence-electron chi connectivity index (χ0n) is 15.8. The predicted molar refractivity (Wildman–Crippen MR) is 107 cm³/mol. The Kier molecular flexibility index (Phi) is 8.44. The number of allylic oxidation sites excluding steroid dienone is 5. The van der Waals surface area contributed by atoms with Crippen LogP contribution < -0.4 is 4.74 Å². The highest BCUT2D eigenvalue weighted by molar-refractivity contribution is 6.32. The van der Waals surface area contributed by atoms with Gasteiger partial charge in [-0.1, -0.05) is 35.6 Å². The summed E-state index contributed by atoms with van der Waals surface area (Å²) in [4.78, 5) is 11.2. The summed E-state index contributed by atoms with van der Waals surface area (Å²) in [5, 5.41) is 9.47. The standard InChI is InChI=1S/C22H21ClF2O4/c1-2-28-20(21(26)27)14-16-8-9-19(18(23)13-16)29-12-5-3-4-10-22(25)11-6-7-17(24)15-22/h3,5-9,11,13,20H,2,12,14-15H2,1H3,(H,26,27)/b5-3-/t20-,22?/m0/s1. The topological polar surface area (TPSA) is 55.8 Å². The van der Waals surface area contributed by atoms with Gasteiger partial charge in [0.25, 0.3) is 0 Å². The molecule has 0 aromatic heterocycles. The quantitative estimate of drug-likeness (QED) is 0.609. The molecule has 0 aliphatic heterocycles. The summed E-state index contributed by atoms with van der Waals surface area (Å²) in [6, 6.07) is 4.98. The molecule has 0 spiro atoms. The van der Waals surface area contributed by atoms with Crippen molar-refractivity contribution in [3.63, 3.8) is 0 Å². The summed E-state index contributed by atoms with van der Waals surface area (Å²) in [5.74, 6) is 3.74. The second kappa shape index (κ2) is 10.8. The van der Waals surface area contributed by atoms with Crippen LogP contribution in [0.4, 0.5) is 8.78 Å². The second-order valence-corrected chi connectivity index (χ2v) is 6.65. The highest BCUT2D eigenvalue weighted by Gasteiger charge is 2.27. The van der Waals surface area contributed by atoms with Crippen molar-refractivity contribution >= 4 is 17.6 Å². The molecule has 0 amide bonds. The number of hydrogen-bond acceptors (Lipinski definition) is 3. The van der Waals surface area contributed by atoms with Crippen LogP contribution in [0.25, 0.3) is 0 Å². The van der Waals surface area contributed by atoms with E-state index < -0.39 is 30.0 Å². The van der Waals surface area contributed by atoms with Gasteiger partial charge in [0.1, 0.15) is 18.2 Å². The highest BCUT2D eigenvalue weighted by Crippen LogP contribution is 2.27. The SMILES string of the molecule is CCO[C@@H](Cc1ccc(OC/C=C\C#CC2(F)C=CC=C(F)C2)c(Cl)c1)C(=O)O. The Bertz CT molecular complexity index is 883. The van der Waals surface area contributed by atoms with Crippen LogP contribution in [0.1, 0.15) is 18.9 Å².